The van der Waals surface area contributed by atoms with Gasteiger partial charge in [-0.15, -0.1) is 5.10 Å². The van der Waals surface area contributed by atoms with Gasteiger partial charge in [0.25, 0.3) is 11.3 Å². The Morgan fingerprint density at radius 1 is 1.29 bits per heavy atom. The first-order valence-electron chi connectivity index (χ1n) is 7.18. The number of fused-ring (bicyclic) bond motifs is 3. The van der Waals surface area contributed by atoms with E-state index in [0.717, 1.165) is 0 Å². The fourth-order valence-corrected chi connectivity index (χ4v) is 2.76. The Kier molecular flexibility index (Phi) is 3.51. The second kappa shape index (κ2) is 5.70. The van der Waals surface area contributed by atoms with Crippen LogP contribution in [0.3, 0.4) is 0 Å². The third-order valence-electron chi connectivity index (χ3n) is 3.64. The second-order valence-corrected chi connectivity index (χ2v) is 5.64. The van der Waals surface area contributed by atoms with Gasteiger partial charge in [-0.05, 0) is 24.3 Å². The molecule has 3 aromatic heterocycles. The van der Waals surface area contributed by atoms with Gasteiger partial charge in [0.1, 0.15) is 6.61 Å². The Hall–Kier alpha value is -2.77. The highest BCUT2D eigenvalue weighted by Gasteiger charge is 2.12. The number of halogens is 1. The molecule has 0 N–H and O–H groups in total. The summed E-state index contributed by atoms with van der Waals surface area (Å²) in [5.74, 6) is 0.936. The topological polar surface area (TPSA) is 74.3 Å². The average molecular weight is 342 g/mol. The first kappa shape index (κ1) is 14.8. The van der Waals surface area contributed by atoms with Gasteiger partial charge in [-0.1, -0.05) is 17.7 Å². The zero-order valence-electron chi connectivity index (χ0n) is 12.7. The molecule has 0 saturated carbocycles. The van der Waals surface area contributed by atoms with Crippen molar-refractivity contribution in [2.24, 2.45) is 0 Å². The van der Waals surface area contributed by atoms with Crippen molar-refractivity contribution in [3.05, 3.63) is 63.9 Å². The molecule has 8 heteroatoms. The standard InChI is InChI=1S/C16H12ClN5O2/c1-24-9-14-19-16-18-8-12-13(22(16)20-14)5-6-21(15(12)23)11-4-2-3-10(17)7-11/h2-8H,9H2,1H3. The third kappa shape index (κ3) is 2.34. The molecule has 0 amide bonds. The predicted octanol–water partition coefficient (Wildman–Crippen LogP) is 2.23. The number of hydrogen-bond donors (Lipinski definition) is 0. The zero-order chi connectivity index (χ0) is 16.7. The van der Waals surface area contributed by atoms with Gasteiger partial charge in [0, 0.05) is 24.5 Å². The van der Waals surface area contributed by atoms with Crippen LogP contribution in [0.5, 0.6) is 0 Å². The summed E-state index contributed by atoms with van der Waals surface area (Å²) >= 11 is 6.01. The lowest BCUT2D eigenvalue weighted by Crippen LogP contribution is -2.18. The lowest BCUT2D eigenvalue weighted by molar-refractivity contribution is 0.178. The van der Waals surface area contributed by atoms with Crippen molar-refractivity contribution in [3.8, 4) is 5.69 Å². The fourth-order valence-electron chi connectivity index (χ4n) is 2.58. The summed E-state index contributed by atoms with van der Waals surface area (Å²) in [5.41, 5.74) is 1.12. The highest BCUT2D eigenvalue weighted by Crippen LogP contribution is 2.16. The number of nitrogens with zero attached hydrogens (tertiary/aromatic N) is 5. The van der Waals surface area contributed by atoms with Crippen molar-refractivity contribution >= 4 is 28.3 Å². The summed E-state index contributed by atoms with van der Waals surface area (Å²) in [4.78, 5) is 21.3. The molecule has 0 bridgehead atoms. The molecule has 0 radical (unpaired) electrons. The molecule has 0 atom stereocenters. The van der Waals surface area contributed by atoms with Crippen LogP contribution in [0.1, 0.15) is 5.82 Å². The van der Waals surface area contributed by atoms with Crippen LogP contribution in [0.15, 0.2) is 47.5 Å². The molecule has 7 nitrogen and oxygen atoms in total. The highest BCUT2D eigenvalue weighted by molar-refractivity contribution is 6.30. The monoisotopic (exact) mass is 341 g/mol. The van der Waals surface area contributed by atoms with Crippen molar-refractivity contribution in [3.63, 3.8) is 0 Å². The van der Waals surface area contributed by atoms with E-state index in [0.29, 0.717) is 33.2 Å². The van der Waals surface area contributed by atoms with Gasteiger partial charge in [-0.25, -0.2) is 4.98 Å². The van der Waals surface area contributed by atoms with E-state index in [1.165, 1.54) is 10.8 Å². The van der Waals surface area contributed by atoms with Gasteiger partial charge in [-0.2, -0.15) is 9.50 Å². The third-order valence-corrected chi connectivity index (χ3v) is 3.87. The molecule has 24 heavy (non-hydrogen) atoms. The van der Waals surface area contributed by atoms with Crippen molar-refractivity contribution in [1.29, 1.82) is 0 Å². The molecule has 0 saturated heterocycles. The van der Waals surface area contributed by atoms with Gasteiger partial charge in [0.15, 0.2) is 5.82 Å². The number of rotatable bonds is 3. The predicted molar refractivity (Wildman–Crippen MR) is 89.6 cm³/mol. The van der Waals surface area contributed by atoms with E-state index < -0.39 is 0 Å². The molecule has 0 fully saturated rings. The Balaban J connectivity index is 1.96. The van der Waals surface area contributed by atoms with E-state index in [9.17, 15) is 4.79 Å². The summed E-state index contributed by atoms with van der Waals surface area (Å²) < 4.78 is 8.11. The van der Waals surface area contributed by atoms with E-state index >= 15 is 0 Å². The Bertz CT molecular complexity index is 1120. The Labute approximate surface area is 141 Å². The number of ether oxygens (including phenoxy) is 1. The maximum atomic E-state index is 12.8. The van der Waals surface area contributed by atoms with E-state index in [-0.39, 0.29) is 12.2 Å². The number of pyridine rings is 1. The maximum absolute atomic E-state index is 12.8. The summed E-state index contributed by atoms with van der Waals surface area (Å²) in [6.07, 6.45) is 3.20. The van der Waals surface area contributed by atoms with Crippen LogP contribution in [-0.2, 0) is 11.3 Å². The highest BCUT2D eigenvalue weighted by atomic mass is 35.5. The Morgan fingerprint density at radius 2 is 2.17 bits per heavy atom. The van der Waals surface area contributed by atoms with Gasteiger partial charge in [0.2, 0.25) is 0 Å². The van der Waals surface area contributed by atoms with Crippen LogP contribution in [0.2, 0.25) is 5.02 Å². The smallest absolute Gasteiger partial charge is 0.266 e. The molecule has 0 spiro atoms. The van der Waals surface area contributed by atoms with Crippen LogP contribution in [0.4, 0.5) is 0 Å². The van der Waals surface area contributed by atoms with E-state index in [1.807, 2.05) is 6.07 Å². The van der Waals surface area contributed by atoms with Crippen LogP contribution in [0.25, 0.3) is 22.4 Å². The summed E-state index contributed by atoms with van der Waals surface area (Å²) in [7, 11) is 1.57. The molecule has 4 aromatic rings. The quantitative estimate of drug-likeness (QED) is 0.571. The molecule has 0 unspecified atom stereocenters. The Morgan fingerprint density at radius 3 is 2.96 bits per heavy atom. The number of benzene rings is 1. The van der Waals surface area contributed by atoms with E-state index in [2.05, 4.69) is 15.1 Å². The van der Waals surface area contributed by atoms with Gasteiger partial charge < -0.3 is 4.74 Å². The molecule has 0 aliphatic carbocycles. The summed E-state index contributed by atoms with van der Waals surface area (Å²) in [6, 6.07) is 8.90. The van der Waals surface area contributed by atoms with E-state index in [4.69, 9.17) is 16.3 Å². The first-order chi connectivity index (χ1) is 11.7. The zero-order valence-corrected chi connectivity index (χ0v) is 13.4. The van der Waals surface area contributed by atoms with Crippen LogP contribution >= 0.6 is 11.6 Å². The minimum Gasteiger partial charge on any atom is -0.377 e. The molecule has 120 valence electrons. The van der Waals surface area contributed by atoms with Crippen LogP contribution in [0, 0.1) is 0 Å². The average Bonchev–Trinajstić information content (AvgIpc) is 2.98. The molecular formula is C16H12ClN5O2. The van der Waals surface area contributed by atoms with Crippen molar-refractivity contribution < 1.29 is 4.74 Å². The SMILES string of the molecule is COCc1nc2ncc3c(=O)n(-c4cccc(Cl)c4)ccc3n2n1. The maximum Gasteiger partial charge on any atom is 0.266 e. The molecule has 0 aliphatic heterocycles. The number of methoxy groups -OCH3 is 1. The van der Waals surface area contributed by atoms with Crippen molar-refractivity contribution in [2.75, 3.05) is 7.11 Å². The van der Waals surface area contributed by atoms with Crippen molar-refractivity contribution in [2.45, 2.75) is 6.61 Å². The van der Waals surface area contributed by atoms with Gasteiger partial charge in [-0.3, -0.25) is 9.36 Å². The van der Waals surface area contributed by atoms with Gasteiger partial charge in [0.05, 0.1) is 16.6 Å². The second-order valence-electron chi connectivity index (χ2n) is 5.20. The van der Waals surface area contributed by atoms with Crippen LogP contribution in [-0.4, -0.2) is 31.3 Å². The summed E-state index contributed by atoms with van der Waals surface area (Å²) in [5, 5.41) is 5.34. The number of aromatic nitrogens is 5. The fraction of sp³-hybridized carbons (Fsp3) is 0.125. The minimum atomic E-state index is -0.201. The van der Waals surface area contributed by atoms with E-state index in [1.54, 1.807) is 42.1 Å². The molecule has 4 rings (SSSR count). The van der Waals surface area contributed by atoms with Gasteiger partial charge >= 0.3 is 0 Å². The molecule has 3 heterocycles. The number of hydrogen-bond acceptors (Lipinski definition) is 5. The lowest BCUT2D eigenvalue weighted by atomic mass is 10.2. The first-order valence-corrected chi connectivity index (χ1v) is 7.56. The van der Waals surface area contributed by atoms with Crippen molar-refractivity contribution in [1.82, 2.24) is 24.1 Å². The van der Waals surface area contributed by atoms with Crippen LogP contribution < -0.4 is 5.56 Å². The lowest BCUT2D eigenvalue weighted by Gasteiger charge is -2.07. The molecule has 0 aliphatic rings. The summed E-state index contributed by atoms with van der Waals surface area (Å²) in [6.45, 7) is 0.282. The molecular weight excluding hydrogens is 330 g/mol. The normalized spacial score (nSPS) is 11.4. The minimum absolute atomic E-state index is 0.201. The largest absolute Gasteiger partial charge is 0.377 e. The molecule has 1 aromatic carbocycles.